The Balaban J connectivity index is 2.74. The number of hydrogen-bond donors (Lipinski definition) is 0. The molecule has 1 heterocycles. The number of carbonyl (C=O) groups is 1. The molecule has 0 aromatic heterocycles. The van der Waals surface area contributed by atoms with Crippen LogP contribution in [0.15, 0.2) is 0 Å². The Kier molecular flexibility index (Phi) is 4.73. The van der Waals surface area contributed by atoms with Crippen molar-refractivity contribution in [3.63, 3.8) is 0 Å². The predicted octanol–water partition coefficient (Wildman–Crippen LogP) is 2.72. The van der Waals surface area contributed by atoms with Crippen LogP contribution in [0, 0.1) is 0 Å². The fourth-order valence-corrected chi connectivity index (χ4v) is 2.57. The van der Waals surface area contributed by atoms with Crippen molar-refractivity contribution in [1.29, 1.82) is 0 Å². The lowest BCUT2D eigenvalue weighted by molar-refractivity contribution is 0.0957. The smallest absolute Gasteiger partial charge is 0.319 e. The van der Waals surface area contributed by atoms with E-state index in [4.69, 9.17) is 0 Å². The summed E-state index contributed by atoms with van der Waals surface area (Å²) in [7, 11) is 0. The molecule has 1 aliphatic rings. The Bertz CT molecular complexity index is 221. The van der Waals surface area contributed by atoms with Gasteiger partial charge in [0.1, 0.15) is 0 Å². The first kappa shape index (κ1) is 12.8. The maximum absolute atomic E-state index is 12.0. The van der Waals surface area contributed by atoms with E-state index >= 15 is 0 Å². The van der Waals surface area contributed by atoms with E-state index in [1.165, 1.54) is 0 Å². The third kappa shape index (κ3) is 2.65. The highest BCUT2D eigenvalue weighted by Crippen LogP contribution is 2.23. The molecule has 1 fully saturated rings. The van der Waals surface area contributed by atoms with Crippen molar-refractivity contribution in [1.82, 2.24) is 9.80 Å². The molecule has 1 aliphatic heterocycles. The van der Waals surface area contributed by atoms with E-state index in [0.717, 1.165) is 28.5 Å². The highest BCUT2D eigenvalue weighted by molar-refractivity contribution is 14.1. The minimum Gasteiger partial charge on any atom is -0.319 e. The SMILES string of the molecule is CC(C)(CI)N1CCCN(CI)C1=O. The molecule has 82 valence electrons. The van der Waals surface area contributed by atoms with Gasteiger partial charge in [-0.1, -0.05) is 45.2 Å². The normalized spacial score (nSPS) is 19.0. The number of alkyl halides is 2. The van der Waals surface area contributed by atoms with Gasteiger partial charge in [-0.05, 0) is 20.3 Å². The van der Waals surface area contributed by atoms with Crippen molar-refractivity contribution in [2.45, 2.75) is 25.8 Å². The van der Waals surface area contributed by atoms with Crippen LogP contribution in [0.25, 0.3) is 0 Å². The molecule has 0 aromatic carbocycles. The number of carbonyl (C=O) groups excluding carboxylic acids is 1. The zero-order chi connectivity index (χ0) is 10.8. The largest absolute Gasteiger partial charge is 0.321 e. The van der Waals surface area contributed by atoms with Crippen LogP contribution in [0.2, 0.25) is 0 Å². The van der Waals surface area contributed by atoms with Gasteiger partial charge >= 0.3 is 6.03 Å². The summed E-state index contributed by atoms with van der Waals surface area (Å²) in [6.45, 7) is 6.08. The summed E-state index contributed by atoms with van der Waals surface area (Å²) in [5.41, 5.74) is -0.0118. The first-order valence-electron chi connectivity index (χ1n) is 4.71. The minimum absolute atomic E-state index is 0.0118. The van der Waals surface area contributed by atoms with Gasteiger partial charge in [0.2, 0.25) is 0 Å². The number of hydrogen-bond acceptors (Lipinski definition) is 1. The van der Waals surface area contributed by atoms with Crippen LogP contribution in [-0.4, -0.2) is 43.4 Å². The summed E-state index contributed by atoms with van der Waals surface area (Å²) in [5, 5.41) is 0. The average molecular weight is 422 g/mol. The molecule has 14 heavy (non-hydrogen) atoms. The molecule has 0 bridgehead atoms. The number of amides is 2. The maximum atomic E-state index is 12.0. The Hall–Kier alpha value is 0.730. The molecule has 2 amide bonds. The topological polar surface area (TPSA) is 23.6 Å². The monoisotopic (exact) mass is 422 g/mol. The van der Waals surface area contributed by atoms with Crippen LogP contribution < -0.4 is 0 Å². The van der Waals surface area contributed by atoms with Crippen molar-refractivity contribution in [3.8, 4) is 0 Å². The molecule has 0 spiro atoms. The molecule has 0 radical (unpaired) electrons. The highest BCUT2D eigenvalue weighted by atomic mass is 127. The highest BCUT2D eigenvalue weighted by Gasteiger charge is 2.34. The fourth-order valence-electron chi connectivity index (χ4n) is 1.53. The van der Waals surface area contributed by atoms with Crippen LogP contribution in [-0.2, 0) is 0 Å². The lowest BCUT2D eigenvalue weighted by Gasteiger charge is -2.43. The van der Waals surface area contributed by atoms with E-state index in [1.54, 1.807) is 0 Å². The molecule has 3 nitrogen and oxygen atoms in total. The van der Waals surface area contributed by atoms with E-state index in [-0.39, 0.29) is 11.6 Å². The third-order valence-electron chi connectivity index (χ3n) is 2.51. The number of urea groups is 1. The van der Waals surface area contributed by atoms with Gasteiger partial charge in [-0.2, -0.15) is 0 Å². The summed E-state index contributed by atoms with van der Waals surface area (Å²) in [4.78, 5) is 15.9. The Morgan fingerprint density at radius 1 is 1.36 bits per heavy atom. The summed E-state index contributed by atoms with van der Waals surface area (Å²) in [6, 6.07) is 0.201. The molecule has 0 N–H and O–H groups in total. The second-order valence-corrected chi connectivity index (χ2v) is 5.56. The minimum atomic E-state index is -0.0118. The Morgan fingerprint density at radius 3 is 2.50 bits per heavy atom. The Morgan fingerprint density at radius 2 is 2.00 bits per heavy atom. The van der Waals surface area contributed by atoms with Crippen LogP contribution in [0.3, 0.4) is 0 Å². The van der Waals surface area contributed by atoms with Crippen LogP contribution in [0.1, 0.15) is 20.3 Å². The van der Waals surface area contributed by atoms with E-state index in [9.17, 15) is 4.79 Å². The van der Waals surface area contributed by atoms with Crippen molar-refractivity contribution >= 4 is 51.2 Å². The summed E-state index contributed by atoms with van der Waals surface area (Å²) < 4.78 is 1.77. The maximum Gasteiger partial charge on any atom is 0.321 e. The lowest BCUT2D eigenvalue weighted by atomic mass is 10.1. The molecule has 5 heteroatoms. The average Bonchev–Trinajstić information content (AvgIpc) is 2.18. The second kappa shape index (κ2) is 5.18. The summed E-state index contributed by atoms with van der Waals surface area (Å²) in [6.07, 6.45) is 1.09. The van der Waals surface area contributed by atoms with Crippen molar-refractivity contribution in [2.75, 3.05) is 22.1 Å². The van der Waals surface area contributed by atoms with Gasteiger partial charge < -0.3 is 9.80 Å². The predicted molar refractivity (Wildman–Crippen MR) is 75.3 cm³/mol. The standard InChI is InChI=1S/C9H16I2N2O/c1-9(2,6-10)13-5-3-4-12(7-11)8(13)14/h3-7H2,1-2H3. The van der Waals surface area contributed by atoms with Gasteiger partial charge in [0.15, 0.2) is 0 Å². The van der Waals surface area contributed by atoms with Gasteiger partial charge in [0.05, 0.1) is 4.55 Å². The van der Waals surface area contributed by atoms with Crippen LogP contribution in [0.5, 0.6) is 0 Å². The molecule has 0 saturated carbocycles. The van der Waals surface area contributed by atoms with E-state index in [1.807, 2.05) is 9.80 Å². The van der Waals surface area contributed by atoms with Crippen molar-refractivity contribution < 1.29 is 4.79 Å². The number of nitrogens with zero attached hydrogens (tertiary/aromatic N) is 2. The van der Waals surface area contributed by atoms with Gasteiger partial charge in [0.25, 0.3) is 0 Å². The fraction of sp³-hybridized carbons (Fsp3) is 0.889. The van der Waals surface area contributed by atoms with Gasteiger partial charge in [-0.15, -0.1) is 0 Å². The van der Waals surface area contributed by atoms with Gasteiger partial charge in [0, 0.05) is 23.1 Å². The zero-order valence-corrected chi connectivity index (χ0v) is 12.9. The van der Waals surface area contributed by atoms with Crippen molar-refractivity contribution in [2.24, 2.45) is 0 Å². The quantitative estimate of drug-likeness (QED) is 0.390. The molecule has 0 aliphatic carbocycles. The Labute approximate surface area is 113 Å². The van der Waals surface area contributed by atoms with E-state index in [0.29, 0.717) is 0 Å². The van der Waals surface area contributed by atoms with Crippen LogP contribution >= 0.6 is 45.2 Å². The molecule has 0 atom stereocenters. The summed E-state index contributed by atoms with van der Waals surface area (Å²) in [5.74, 6) is 0. The molecule has 1 saturated heterocycles. The second-order valence-electron chi connectivity index (χ2n) is 4.12. The van der Waals surface area contributed by atoms with E-state index in [2.05, 4.69) is 59.0 Å². The first-order valence-corrected chi connectivity index (χ1v) is 7.76. The molecule has 1 rings (SSSR count). The van der Waals surface area contributed by atoms with E-state index < -0.39 is 0 Å². The number of halogens is 2. The van der Waals surface area contributed by atoms with Gasteiger partial charge in [-0.25, -0.2) is 4.79 Å². The molecular weight excluding hydrogens is 406 g/mol. The third-order valence-corrected chi connectivity index (χ3v) is 5.20. The zero-order valence-electron chi connectivity index (χ0n) is 8.59. The van der Waals surface area contributed by atoms with Crippen LogP contribution in [0.4, 0.5) is 4.79 Å². The lowest BCUT2D eigenvalue weighted by Crippen LogP contribution is -2.57. The van der Waals surface area contributed by atoms with Gasteiger partial charge in [-0.3, -0.25) is 0 Å². The molecule has 0 unspecified atom stereocenters. The summed E-state index contributed by atoms with van der Waals surface area (Å²) >= 11 is 4.60. The van der Waals surface area contributed by atoms with Crippen molar-refractivity contribution in [3.05, 3.63) is 0 Å². The molecule has 0 aromatic rings. The first-order chi connectivity index (χ1) is 6.53. The molecular formula is C9H16I2N2O. The number of rotatable bonds is 3.